The molecule has 2 fully saturated rings. The fourth-order valence-electron chi connectivity index (χ4n) is 2.91. The first-order chi connectivity index (χ1) is 7.90. The third-order valence-corrected chi connectivity index (χ3v) is 3.87. The highest BCUT2D eigenvalue weighted by molar-refractivity contribution is 5.14. The van der Waals surface area contributed by atoms with Crippen molar-refractivity contribution in [3.63, 3.8) is 0 Å². The Morgan fingerprint density at radius 2 is 2.19 bits per heavy atom. The number of pyridine rings is 1. The number of rotatable bonds is 3. The van der Waals surface area contributed by atoms with E-state index in [0.717, 1.165) is 12.6 Å². The van der Waals surface area contributed by atoms with E-state index in [1.165, 1.54) is 31.5 Å². The van der Waals surface area contributed by atoms with Crippen LogP contribution in [0.1, 0.15) is 31.0 Å². The van der Waals surface area contributed by atoms with Gasteiger partial charge in [0.15, 0.2) is 0 Å². The molecule has 1 aliphatic heterocycles. The van der Waals surface area contributed by atoms with Gasteiger partial charge in [0, 0.05) is 12.2 Å². The summed E-state index contributed by atoms with van der Waals surface area (Å²) in [4.78, 5) is 7.15. The second-order valence-corrected chi connectivity index (χ2v) is 4.95. The van der Waals surface area contributed by atoms with Crippen LogP contribution in [0.2, 0.25) is 0 Å². The van der Waals surface area contributed by atoms with Crippen LogP contribution in [0.25, 0.3) is 0 Å². The lowest BCUT2D eigenvalue weighted by atomic mass is 9.97. The molecular weight excluding hydrogens is 198 g/mol. The minimum atomic E-state index is 0.471. The summed E-state index contributed by atoms with van der Waals surface area (Å²) in [6.07, 6.45) is 5.85. The van der Waals surface area contributed by atoms with Crippen LogP contribution in [-0.4, -0.2) is 29.0 Å². The first-order valence-electron chi connectivity index (χ1n) is 6.27. The van der Waals surface area contributed by atoms with Gasteiger partial charge >= 0.3 is 0 Å². The number of nitrogens with two attached hydrogens (primary N) is 1. The molecule has 3 rings (SSSR count). The molecular formula is C13H19N3. The molecule has 16 heavy (non-hydrogen) atoms. The summed E-state index contributed by atoms with van der Waals surface area (Å²) in [7, 11) is 0. The molecule has 1 aromatic heterocycles. The van der Waals surface area contributed by atoms with Crippen LogP contribution in [0.15, 0.2) is 24.4 Å². The summed E-state index contributed by atoms with van der Waals surface area (Å²) < 4.78 is 0. The van der Waals surface area contributed by atoms with Crippen molar-refractivity contribution >= 4 is 0 Å². The largest absolute Gasteiger partial charge is 0.330 e. The molecule has 0 spiro atoms. The van der Waals surface area contributed by atoms with Gasteiger partial charge in [-0.15, -0.1) is 0 Å². The minimum Gasteiger partial charge on any atom is -0.330 e. The van der Waals surface area contributed by atoms with E-state index in [4.69, 9.17) is 5.73 Å². The van der Waals surface area contributed by atoms with Crippen molar-refractivity contribution < 1.29 is 0 Å². The van der Waals surface area contributed by atoms with Gasteiger partial charge in [-0.2, -0.15) is 0 Å². The number of nitrogens with zero attached hydrogens (tertiary/aromatic N) is 2. The van der Waals surface area contributed by atoms with Gasteiger partial charge < -0.3 is 5.73 Å². The van der Waals surface area contributed by atoms with Gasteiger partial charge in [0.2, 0.25) is 0 Å². The Bertz CT molecular complexity index is 347. The van der Waals surface area contributed by atoms with E-state index in [1.54, 1.807) is 0 Å². The normalized spacial score (nSPS) is 30.8. The number of hydrogen-bond donors (Lipinski definition) is 1. The van der Waals surface area contributed by atoms with Crippen molar-refractivity contribution in [2.24, 2.45) is 11.7 Å². The predicted molar refractivity (Wildman–Crippen MR) is 63.9 cm³/mol. The number of hydrogen-bond acceptors (Lipinski definition) is 3. The maximum absolute atomic E-state index is 5.89. The molecule has 1 saturated heterocycles. The molecule has 3 heteroatoms. The van der Waals surface area contributed by atoms with Crippen molar-refractivity contribution in [1.29, 1.82) is 0 Å². The minimum absolute atomic E-state index is 0.471. The van der Waals surface area contributed by atoms with E-state index >= 15 is 0 Å². The molecule has 2 aliphatic rings. The van der Waals surface area contributed by atoms with Crippen molar-refractivity contribution in [2.45, 2.75) is 31.3 Å². The van der Waals surface area contributed by atoms with Crippen LogP contribution >= 0.6 is 0 Å². The maximum atomic E-state index is 5.89. The highest BCUT2D eigenvalue weighted by Crippen LogP contribution is 2.42. The molecule has 1 saturated carbocycles. The Morgan fingerprint density at radius 1 is 1.31 bits per heavy atom. The Kier molecular flexibility index (Phi) is 2.65. The quantitative estimate of drug-likeness (QED) is 0.835. The third-order valence-electron chi connectivity index (χ3n) is 3.87. The Labute approximate surface area is 96.7 Å². The topological polar surface area (TPSA) is 42.1 Å². The molecule has 0 radical (unpaired) electrons. The Balaban J connectivity index is 1.87. The Hall–Kier alpha value is -0.930. The smallest absolute Gasteiger partial charge is 0.0578 e. The average Bonchev–Trinajstić information content (AvgIpc) is 3.09. The highest BCUT2D eigenvalue weighted by atomic mass is 15.2. The van der Waals surface area contributed by atoms with E-state index in [9.17, 15) is 0 Å². The zero-order chi connectivity index (χ0) is 11.0. The summed E-state index contributed by atoms with van der Waals surface area (Å²) in [6, 6.07) is 7.49. The van der Waals surface area contributed by atoms with Crippen molar-refractivity contribution in [3.8, 4) is 0 Å². The second-order valence-electron chi connectivity index (χ2n) is 4.95. The molecule has 1 aliphatic carbocycles. The molecule has 1 aromatic rings. The van der Waals surface area contributed by atoms with Gasteiger partial charge in [-0.1, -0.05) is 6.07 Å². The SMILES string of the molecule is NCC1CCN(C2CC2)C1c1ccccn1. The molecule has 0 aromatic carbocycles. The monoisotopic (exact) mass is 217 g/mol. The lowest BCUT2D eigenvalue weighted by Crippen LogP contribution is -2.30. The van der Waals surface area contributed by atoms with Crippen LogP contribution in [0.3, 0.4) is 0 Å². The van der Waals surface area contributed by atoms with Crippen molar-refractivity contribution in [2.75, 3.05) is 13.1 Å². The molecule has 2 N–H and O–H groups in total. The fraction of sp³-hybridized carbons (Fsp3) is 0.615. The highest BCUT2D eigenvalue weighted by Gasteiger charge is 2.42. The van der Waals surface area contributed by atoms with Gasteiger partial charge in [-0.3, -0.25) is 9.88 Å². The molecule has 2 unspecified atom stereocenters. The first kappa shape index (κ1) is 10.2. The molecule has 86 valence electrons. The van der Waals surface area contributed by atoms with Gasteiger partial charge in [-0.05, 0) is 50.4 Å². The molecule has 0 amide bonds. The molecule has 0 bridgehead atoms. The van der Waals surface area contributed by atoms with Crippen LogP contribution in [0.5, 0.6) is 0 Å². The van der Waals surface area contributed by atoms with E-state index in [1.807, 2.05) is 12.3 Å². The van der Waals surface area contributed by atoms with E-state index < -0.39 is 0 Å². The first-order valence-corrected chi connectivity index (χ1v) is 6.27. The molecule has 2 atom stereocenters. The average molecular weight is 217 g/mol. The number of aromatic nitrogens is 1. The standard InChI is InChI=1S/C13H19N3/c14-9-10-6-8-16(11-4-5-11)13(10)12-3-1-2-7-15-12/h1-3,7,10-11,13H,4-6,8-9,14H2. The molecule has 2 heterocycles. The summed E-state index contributed by atoms with van der Waals surface area (Å²) in [5.41, 5.74) is 7.10. The zero-order valence-corrected chi connectivity index (χ0v) is 9.55. The molecule has 3 nitrogen and oxygen atoms in total. The lowest BCUT2D eigenvalue weighted by Gasteiger charge is -2.27. The van der Waals surface area contributed by atoms with Gasteiger partial charge in [0.25, 0.3) is 0 Å². The van der Waals surface area contributed by atoms with Gasteiger partial charge in [0.1, 0.15) is 0 Å². The van der Waals surface area contributed by atoms with E-state index in [2.05, 4.69) is 22.0 Å². The summed E-state index contributed by atoms with van der Waals surface area (Å²) in [6.45, 7) is 1.98. The van der Waals surface area contributed by atoms with E-state index in [-0.39, 0.29) is 0 Å². The lowest BCUT2D eigenvalue weighted by molar-refractivity contribution is 0.216. The van der Waals surface area contributed by atoms with Crippen molar-refractivity contribution in [3.05, 3.63) is 30.1 Å². The van der Waals surface area contributed by atoms with Crippen LogP contribution < -0.4 is 5.73 Å². The zero-order valence-electron chi connectivity index (χ0n) is 9.55. The Morgan fingerprint density at radius 3 is 2.81 bits per heavy atom. The third kappa shape index (κ3) is 1.74. The summed E-state index contributed by atoms with van der Waals surface area (Å²) in [5.74, 6) is 0.593. The second kappa shape index (κ2) is 4.15. The fourth-order valence-corrected chi connectivity index (χ4v) is 2.91. The van der Waals surface area contributed by atoms with Crippen molar-refractivity contribution in [1.82, 2.24) is 9.88 Å². The summed E-state index contributed by atoms with van der Waals surface area (Å²) in [5, 5.41) is 0. The predicted octanol–water partition coefficient (Wildman–Crippen LogP) is 1.57. The van der Waals surface area contributed by atoms with E-state index in [0.29, 0.717) is 12.0 Å². The maximum Gasteiger partial charge on any atom is 0.0578 e. The van der Waals surface area contributed by atoms with Gasteiger partial charge in [-0.25, -0.2) is 0 Å². The van der Waals surface area contributed by atoms with Gasteiger partial charge in [0.05, 0.1) is 11.7 Å². The van der Waals surface area contributed by atoms with Crippen LogP contribution in [-0.2, 0) is 0 Å². The van der Waals surface area contributed by atoms with Crippen LogP contribution in [0.4, 0.5) is 0 Å². The summed E-state index contributed by atoms with van der Waals surface area (Å²) >= 11 is 0. The number of likely N-dealkylation sites (tertiary alicyclic amines) is 1. The van der Waals surface area contributed by atoms with Crippen LogP contribution in [0, 0.1) is 5.92 Å².